The van der Waals surface area contributed by atoms with Crippen LogP contribution in [0.4, 0.5) is 4.39 Å². The van der Waals surface area contributed by atoms with Crippen molar-refractivity contribution in [2.24, 2.45) is 0 Å². The number of aryl methyl sites for hydroxylation is 1. The van der Waals surface area contributed by atoms with Gasteiger partial charge >= 0.3 is 0 Å². The van der Waals surface area contributed by atoms with E-state index in [1.807, 2.05) is 0 Å². The van der Waals surface area contributed by atoms with Gasteiger partial charge in [-0.1, -0.05) is 0 Å². The van der Waals surface area contributed by atoms with Crippen molar-refractivity contribution in [2.45, 2.75) is 12.8 Å². The molecule has 1 aromatic rings. The van der Waals surface area contributed by atoms with E-state index in [4.69, 9.17) is 14.6 Å². The molecular formula is C11H14BrFO3. The van der Waals surface area contributed by atoms with Crippen LogP contribution >= 0.6 is 15.9 Å². The molecule has 0 spiro atoms. The zero-order valence-electron chi connectivity index (χ0n) is 9.22. The molecule has 0 saturated carbocycles. The van der Waals surface area contributed by atoms with Crippen LogP contribution in [-0.2, 0) is 6.42 Å². The molecule has 0 radical (unpaired) electrons. The molecule has 0 heterocycles. The van der Waals surface area contributed by atoms with Crippen LogP contribution in [0, 0.1) is 5.82 Å². The summed E-state index contributed by atoms with van der Waals surface area (Å²) in [5.41, 5.74) is 0.807. The second-order valence-corrected chi connectivity index (χ2v) is 4.08. The van der Waals surface area contributed by atoms with Crippen LogP contribution in [0.15, 0.2) is 10.5 Å². The summed E-state index contributed by atoms with van der Waals surface area (Å²) in [6.45, 7) is 0.0838. The third-order valence-electron chi connectivity index (χ3n) is 2.22. The van der Waals surface area contributed by atoms with Crippen molar-refractivity contribution >= 4 is 15.9 Å². The van der Waals surface area contributed by atoms with Gasteiger partial charge in [-0.2, -0.15) is 0 Å². The van der Waals surface area contributed by atoms with Crippen LogP contribution < -0.4 is 9.47 Å². The third-order valence-corrected chi connectivity index (χ3v) is 2.80. The summed E-state index contributed by atoms with van der Waals surface area (Å²) >= 11 is 3.12. The second-order valence-electron chi connectivity index (χ2n) is 3.23. The van der Waals surface area contributed by atoms with E-state index in [0.717, 1.165) is 5.56 Å². The standard InChI is InChI=1S/C11H14BrFO3/c1-15-10-7(4-3-5-14)6-8(12)9(13)11(10)16-2/h6,14H,3-5H2,1-2H3. The number of aliphatic hydroxyl groups is 1. The molecule has 0 bridgehead atoms. The molecule has 0 saturated heterocycles. The van der Waals surface area contributed by atoms with Crippen molar-refractivity contribution in [3.63, 3.8) is 0 Å². The summed E-state index contributed by atoms with van der Waals surface area (Å²) in [5, 5.41) is 8.78. The number of hydrogen-bond acceptors (Lipinski definition) is 3. The Hall–Kier alpha value is -0.810. The van der Waals surface area contributed by atoms with Gasteiger partial charge in [0.05, 0.1) is 18.7 Å². The van der Waals surface area contributed by atoms with E-state index < -0.39 is 5.82 Å². The maximum absolute atomic E-state index is 13.7. The topological polar surface area (TPSA) is 38.7 Å². The van der Waals surface area contributed by atoms with Gasteiger partial charge in [-0.15, -0.1) is 0 Å². The fourth-order valence-corrected chi connectivity index (χ4v) is 1.95. The van der Waals surface area contributed by atoms with Crippen molar-refractivity contribution in [1.29, 1.82) is 0 Å². The van der Waals surface area contributed by atoms with E-state index in [0.29, 0.717) is 23.1 Å². The first kappa shape index (κ1) is 13.3. The van der Waals surface area contributed by atoms with Crippen LogP contribution in [0.5, 0.6) is 11.5 Å². The molecule has 1 N–H and O–H groups in total. The van der Waals surface area contributed by atoms with E-state index in [1.54, 1.807) is 6.07 Å². The van der Waals surface area contributed by atoms with Gasteiger partial charge in [0.25, 0.3) is 0 Å². The Balaban J connectivity index is 3.20. The van der Waals surface area contributed by atoms with Gasteiger partial charge in [0.2, 0.25) is 0 Å². The minimum absolute atomic E-state index is 0.0838. The lowest BCUT2D eigenvalue weighted by molar-refractivity contribution is 0.286. The Morgan fingerprint density at radius 3 is 2.44 bits per heavy atom. The Morgan fingerprint density at radius 2 is 1.94 bits per heavy atom. The molecule has 0 amide bonds. The maximum Gasteiger partial charge on any atom is 0.198 e. The maximum atomic E-state index is 13.7. The first-order valence-corrected chi connectivity index (χ1v) is 5.64. The van der Waals surface area contributed by atoms with Crippen molar-refractivity contribution in [2.75, 3.05) is 20.8 Å². The first-order valence-electron chi connectivity index (χ1n) is 4.85. The van der Waals surface area contributed by atoms with Crippen molar-refractivity contribution in [3.05, 3.63) is 21.9 Å². The fourth-order valence-electron chi connectivity index (χ4n) is 1.50. The van der Waals surface area contributed by atoms with Crippen molar-refractivity contribution in [3.8, 4) is 11.5 Å². The Morgan fingerprint density at radius 1 is 1.31 bits per heavy atom. The number of halogens is 2. The van der Waals surface area contributed by atoms with E-state index in [-0.39, 0.29) is 12.4 Å². The largest absolute Gasteiger partial charge is 0.492 e. The van der Waals surface area contributed by atoms with E-state index in [1.165, 1.54) is 14.2 Å². The number of methoxy groups -OCH3 is 2. The molecule has 0 fully saturated rings. The number of hydrogen-bond donors (Lipinski definition) is 1. The predicted octanol–water partition coefficient (Wildman–Crippen LogP) is 2.53. The van der Waals surface area contributed by atoms with Crippen LogP contribution in [-0.4, -0.2) is 25.9 Å². The van der Waals surface area contributed by atoms with Crippen LogP contribution in [0.1, 0.15) is 12.0 Å². The lowest BCUT2D eigenvalue weighted by atomic mass is 10.1. The summed E-state index contributed by atoms with van der Waals surface area (Å²) in [5.74, 6) is -0.00596. The van der Waals surface area contributed by atoms with Gasteiger partial charge < -0.3 is 14.6 Å². The quantitative estimate of drug-likeness (QED) is 0.906. The molecule has 0 unspecified atom stereocenters. The van der Waals surface area contributed by atoms with Gasteiger partial charge in [0.1, 0.15) is 0 Å². The summed E-state index contributed by atoms with van der Waals surface area (Å²) in [7, 11) is 2.86. The smallest absolute Gasteiger partial charge is 0.198 e. The van der Waals surface area contributed by atoms with Crippen LogP contribution in [0.2, 0.25) is 0 Å². The molecule has 3 nitrogen and oxygen atoms in total. The Labute approximate surface area is 102 Å². The third kappa shape index (κ3) is 2.65. The minimum Gasteiger partial charge on any atom is -0.492 e. The van der Waals surface area contributed by atoms with Gasteiger partial charge in [0.15, 0.2) is 17.3 Å². The molecule has 0 aliphatic carbocycles. The molecule has 0 atom stereocenters. The molecule has 5 heteroatoms. The zero-order valence-corrected chi connectivity index (χ0v) is 10.8. The van der Waals surface area contributed by atoms with Gasteiger partial charge in [0, 0.05) is 6.61 Å². The highest BCUT2D eigenvalue weighted by Gasteiger charge is 2.18. The lowest BCUT2D eigenvalue weighted by Crippen LogP contribution is -2.00. The highest BCUT2D eigenvalue weighted by atomic mass is 79.9. The van der Waals surface area contributed by atoms with Crippen LogP contribution in [0.25, 0.3) is 0 Å². The highest BCUT2D eigenvalue weighted by Crippen LogP contribution is 2.38. The normalized spacial score (nSPS) is 10.3. The number of aliphatic hydroxyl groups excluding tert-OH is 1. The fraction of sp³-hybridized carbons (Fsp3) is 0.455. The molecule has 1 rings (SSSR count). The highest BCUT2D eigenvalue weighted by molar-refractivity contribution is 9.10. The first-order chi connectivity index (χ1) is 7.65. The van der Waals surface area contributed by atoms with Crippen LogP contribution in [0.3, 0.4) is 0 Å². The minimum atomic E-state index is -0.480. The average molecular weight is 293 g/mol. The monoisotopic (exact) mass is 292 g/mol. The zero-order chi connectivity index (χ0) is 12.1. The average Bonchev–Trinajstić information content (AvgIpc) is 2.29. The summed E-state index contributed by atoms with van der Waals surface area (Å²) in [6, 6.07) is 1.65. The SMILES string of the molecule is COc1c(CCCO)cc(Br)c(F)c1OC. The number of ether oxygens (including phenoxy) is 2. The summed E-state index contributed by atoms with van der Waals surface area (Å²) in [4.78, 5) is 0. The molecule has 1 aromatic carbocycles. The Bertz CT molecular complexity index is 369. The van der Waals surface area contributed by atoms with Gasteiger partial charge in [-0.25, -0.2) is 4.39 Å². The van der Waals surface area contributed by atoms with Gasteiger partial charge in [-0.05, 0) is 40.4 Å². The Kier molecular flexibility index (Phi) is 5.02. The molecule has 90 valence electrons. The van der Waals surface area contributed by atoms with Gasteiger partial charge in [-0.3, -0.25) is 0 Å². The summed E-state index contributed by atoms with van der Waals surface area (Å²) < 4.78 is 24.1. The molecular weight excluding hydrogens is 279 g/mol. The second kappa shape index (κ2) is 6.06. The molecule has 0 aliphatic rings. The van der Waals surface area contributed by atoms with Crippen molar-refractivity contribution in [1.82, 2.24) is 0 Å². The number of rotatable bonds is 5. The lowest BCUT2D eigenvalue weighted by Gasteiger charge is -2.14. The molecule has 0 aliphatic heterocycles. The molecule has 0 aromatic heterocycles. The van der Waals surface area contributed by atoms with E-state index in [2.05, 4.69) is 15.9 Å². The van der Waals surface area contributed by atoms with Crippen molar-refractivity contribution < 1.29 is 19.0 Å². The predicted molar refractivity (Wildman–Crippen MR) is 62.6 cm³/mol. The van der Waals surface area contributed by atoms with E-state index >= 15 is 0 Å². The summed E-state index contributed by atoms with van der Waals surface area (Å²) in [6.07, 6.45) is 1.20. The van der Waals surface area contributed by atoms with E-state index in [9.17, 15) is 4.39 Å². The molecule has 16 heavy (non-hydrogen) atoms. The number of benzene rings is 1.